The van der Waals surface area contributed by atoms with Crippen molar-refractivity contribution in [3.8, 4) is 11.4 Å². The summed E-state index contributed by atoms with van der Waals surface area (Å²) in [4.78, 5) is 11.8. The van der Waals surface area contributed by atoms with Gasteiger partial charge in [0, 0.05) is 41.0 Å². The lowest BCUT2D eigenvalue weighted by atomic mass is 10.1. The lowest BCUT2D eigenvalue weighted by Crippen LogP contribution is -2.05. The molecule has 2 aromatic heterocycles. The van der Waals surface area contributed by atoms with Crippen LogP contribution in [-0.2, 0) is 6.54 Å². The Morgan fingerprint density at radius 3 is 2.83 bits per heavy atom. The van der Waals surface area contributed by atoms with Gasteiger partial charge < -0.3 is 16.5 Å². The molecule has 2 heterocycles. The van der Waals surface area contributed by atoms with Crippen molar-refractivity contribution in [3.05, 3.63) is 42.2 Å². The highest BCUT2D eigenvalue weighted by Crippen LogP contribution is 2.26. The number of anilines is 1. The molecule has 5 nitrogen and oxygen atoms in total. The number of hydrogen-bond donors (Lipinski definition) is 3. The van der Waals surface area contributed by atoms with Crippen LogP contribution in [0, 0.1) is 0 Å². The molecule has 0 aliphatic heterocycles. The number of nitrogens with two attached hydrogens (primary N) is 2. The van der Waals surface area contributed by atoms with E-state index in [0.717, 1.165) is 22.0 Å². The zero-order chi connectivity index (χ0) is 12.5. The minimum absolute atomic E-state index is 0.347. The van der Waals surface area contributed by atoms with Gasteiger partial charge in [0.1, 0.15) is 5.82 Å². The van der Waals surface area contributed by atoms with Gasteiger partial charge in [0.2, 0.25) is 0 Å². The molecule has 0 radical (unpaired) electrons. The normalized spacial score (nSPS) is 10.9. The van der Waals surface area contributed by atoms with Gasteiger partial charge in [0.05, 0.1) is 0 Å². The molecule has 5 N–H and O–H groups in total. The molecular formula is C13H13N5. The number of nitrogens with zero attached hydrogens (tertiary/aromatic N) is 2. The fraction of sp³-hybridized carbons (Fsp3) is 0.0769. The monoisotopic (exact) mass is 239 g/mol. The van der Waals surface area contributed by atoms with Crippen LogP contribution in [0.2, 0.25) is 0 Å². The highest BCUT2D eigenvalue weighted by Gasteiger charge is 2.09. The smallest absolute Gasteiger partial charge is 0.163 e. The first kappa shape index (κ1) is 10.7. The molecule has 0 atom stereocenters. The standard InChI is InChI=1S/C13H13N5/c14-5-8-6-17-13(18-12(8)15)10-7-16-11-4-2-1-3-9(10)11/h1-4,6-7,16H,5,14H2,(H2,15,17,18). The molecule has 5 heteroatoms. The summed E-state index contributed by atoms with van der Waals surface area (Å²) in [6.07, 6.45) is 3.57. The van der Waals surface area contributed by atoms with E-state index in [2.05, 4.69) is 15.0 Å². The Balaban J connectivity index is 2.17. The highest BCUT2D eigenvalue weighted by atomic mass is 15.0. The quantitative estimate of drug-likeness (QED) is 0.634. The minimum Gasteiger partial charge on any atom is -0.383 e. The third kappa shape index (κ3) is 1.61. The van der Waals surface area contributed by atoms with Gasteiger partial charge in [-0.2, -0.15) is 0 Å². The van der Waals surface area contributed by atoms with E-state index < -0.39 is 0 Å². The molecule has 0 unspecified atom stereocenters. The zero-order valence-electron chi connectivity index (χ0n) is 9.72. The van der Waals surface area contributed by atoms with Gasteiger partial charge in [-0.25, -0.2) is 9.97 Å². The molecule has 0 saturated carbocycles. The van der Waals surface area contributed by atoms with Crippen molar-refractivity contribution < 1.29 is 0 Å². The Hall–Kier alpha value is -2.40. The average Bonchev–Trinajstić information content (AvgIpc) is 2.82. The van der Waals surface area contributed by atoms with Crippen LogP contribution in [0.1, 0.15) is 5.56 Å². The van der Waals surface area contributed by atoms with E-state index in [9.17, 15) is 0 Å². The van der Waals surface area contributed by atoms with E-state index in [1.807, 2.05) is 30.5 Å². The van der Waals surface area contributed by atoms with Crippen LogP contribution in [-0.4, -0.2) is 15.0 Å². The number of hydrogen-bond acceptors (Lipinski definition) is 4. The molecule has 3 aromatic rings. The number of nitrogen functional groups attached to an aromatic ring is 1. The number of nitrogens with one attached hydrogen (secondary N) is 1. The predicted octanol–water partition coefficient (Wildman–Crippen LogP) is 1.67. The first-order chi connectivity index (χ1) is 8.79. The van der Waals surface area contributed by atoms with Gasteiger partial charge in [-0.15, -0.1) is 0 Å². The number of H-pyrrole nitrogens is 1. The van der Waals surface area contributed by atoms with E-state index in [4.69, 9.17) is 11.5 Å². The van der Waals surface area contributed by atoms with Gasteiger partial charge in [-0.3, -0.25) is 0 Å². The van der Waals surface area contributed by atoms with Crippen molar-refractivity contribution in [2.75, 3.05) is 5.73 Å². The molecular weight excluding hydrogens is 226 g/mol. The largest absolute Gasteiger partial charge is 0.383 e. The zero-order valence-corrected chi connectivity index (χ0v) is 9.72. The van der Waals surface area contributed by atoms with Gasteiger partial charge in [-0.05, 0) is 6.07 Å². The Morgan fingerprint density at radius 2 is 2.06 bits per heavy atom. The van der Waals surface area contributed by atoms with Crippen LogP contribution in [0.4, 0.5) is 5.82 Å². The molecule has 1 aromatic carbocycles. The number of aromatic nitrogens is 3. The third-order valence-electron chi connectivity index (χ3n) is 2.95. The van der Waals surface area contributed by atoms with Crippen molar-refractivity contribution in [2.45, 2.75) is 6.54 Å². The summed E-state index contributed by atoms with van der Waals surface area (Å²) >= 11 is 0. The average molecular weight is 239 g/mol. The van der Waals surface area contributed by atoms with E-state index in [-0.39, 0.29) is 0 Å². The first-order valence-electron chi connectivity index (χ1n) is 5.67. The molecule has 3 rings (SSSR count). The van der Waals surface area contributed by atoms with Gasteiger partial charge in [-0.1, -0.05) is 18.2 Å². The van der Waals surface area contributed by atoms with Crippen LogP contribution >= 0.6 is 0 Å². The first-order valence-corrected chi connectivity index (χ1v) is 5.67. The van der Waals surface area contributed by atoms with Crippen molar-refractivity contribution in [2.24, 2.45) is 5.73 Å². The molecule has 0 spiro atoms. The molecule has 0 aliphatic carbocycles. The van der Waals surface area contributed by atoms with Crippen LogP contribution < -0.4 is 11.5 Å². The maximum atomic E-state index is 5.84. The summed E-state index contributed by atoms with van der Waals surface area (Å²) in [6, 6.07) is 8.00. The van der Waals surface area contributed by atoms with Gasteiger partial charge >= 0.3 is 0 Å². The maximum absolute atomic E-state index is 5.84. The third-order valence-corrected chi connectivity index (χ3v) is 2.95. The van der Waals surface area contributed by atoms with E-state index >= 15 is 0 Å². The minimum atomic E-state index is 0.347. The van der Waals surface area contributed by atoms with Crippen LogP contribution in [0.25, 0.3) is 22.3 Å². The van der Waals surface area contributed by atoms with Crippen molar-refractivity contribution >= 4 is 16.7 Å². The second-order valence-electron chi connectivity index (χ2n) is 4.06. The fourth-order valence-electron chi connectivity index (χ4n) is 1.96. The second-order valence-corrected chi connectivity index (χ2v) is 4.06. The number of benzene rings is 1. The van der Waals surface area contributed by atoms with E-state index in [1.54, 1.807) is 6.20 Å². The Labute approximate surface area is 104 Å². The molecule has 18 heavy (non-hydrogen) atoms. The van der Waals surface area contributed by atoms with Crippen molar-refractivity contribution in [3.63, 3.8) is 0 Å². The van der Waals surface area contributed by atoms with Crippen LogP contribution in [0.5, 0.6) is 0 Å². The van der Waals surface area contributed by atoms with Crippen molar-refractivity contribution in [1.29, 1.82) is 0 Å². The number of fused-ring (bicyclic) bond motifs is 1. The SMILES string of the molecule is NCc1cnc(-c2c[nH]c3ccccc23)nc1N. The second kappa shape index (κ2) is 4.12. The Kier molecular flexibility index (Phi) is 2.46. The van der Waals surface area contributed by atoms with E-state index in [0.29, 0.717) is 18.2 Å². The summed E-state index contributed by atoms with van der Waals surface area (Å²) < 4.78 is 0. The predicted molar refractivity (Wildman–Crippen MR) is 71.6 cm³/mol. The van der Waals surface area contributed by atoms with Crippen LogP contribution in [0.3, 0.4) is 0 Å². The van der Waals surface area contributed by atoms with Gasteiger partial charge in [0.25, 0.3) is 0 Å². The molecule has 0 bridgehead atoms. The topological polar surface area (TPSA) is 93.6 Å². The lowest BCUT2D eigenvalue weighted by molar-refractivity contribution is 1.02. The van der Waals surface area contributed by atoms with Gasteiger partial charge in [0.15, 0.2) is 5.82 Å². The lowest BCUT2D eigenvalue weighted by Gasteiger charge is -2.03. The molecule has 0 fully saturated rings. The van der Waals surface area contributed by atoms with Crippen LogP contribution in [0.15, 0.2) is 36.7 Å². The molecule has 0 saturated heterocycles. The maximum Gasteiger partial charge on any atom is 0.163 e. The van der Waals surface area contributed by atoms with E-state index in [1.165, 1.54) is 0 Å². The Morgan fingerprint density at radius 1 is 1.22 bits per heavy atom. The molecule has 90 valence electrons. The number of aromatic amines is 1. The highest BCUT2D eigenvalue weighted by molar-refractivity contribution is 5.93. The molecule has 0 amide bonds. The van der Waals surface area contributed by atoms with Crippen molar-refractivity contribution in [1.82, 2.24) is 15.0 Å². The summed E-state index contributed by atoms with van der Waals surface area (Å²) in [7, 11) is 0. The fourth-order valence-corrected chi connectivity index (χ4v) is 1.96. The summed E-state index contributed by atoms with van der Waals surface area (Å²) in [5.74, 6) is 1.05. The summed E-state index contributed by atoms with van der Waals surface area (Å²) in [5.41, 5.74) is 14.1. The summed E-state index contributed by atoms with van der Waals surface area (Å²) in [5, 5.41) is 1.08. The Bertz CT molecular complexity index is 701. The summed E-state index contributed by atoms with van der Waals surface area (Å²) in [6.45, 7) is 0.347. The molecule has 0 aliphatic rings. The number of para-hydroxylation sites is 1. The number of rotatable bonds is 2.